The Hall–Kier alpha value is -0.530. The molecule has 1 saturated carbocycles. The van der Waals surface area contributed by atoms with E-state index in [0.717, 1.165) is 18.8 Å². The molecule has 0 aromatic heterocycles. The summed E-state index contributed by atoms with van der Waals surface area (Å²) in [6.45, 7) is 4.88. The van der Waals surface area contributed by atoms with Gasteiger partial charge in [0.05, 0.1) is 6.61 Å². The molecule has 2 nitrogen and oxygen atoms in total. The van der Waals surface area contributed by atoms with Crippen molar-refractivity contribution < 1.29 is 4.74 Å². The number of hydrogen-bond acceptors (Lipinski definition) is 2. The van der Waals surface area contributed by atoms with Crippen molar-refractivity contribution >= 4 is 5.90 Å². The summed E-state index contributed by atoms with van der Waals surface area (Å²) in [5.41, 5.74) is 0. The van der Waals surface area contributed by atoms with Gasteiger partial charge in [0.15, 0.2) is 5.90 Å². The Morgan fingerprint density at radius 2 is 1.92 bits per heavy atom. The first-order chi connectivity index (χ1) is 5.74. The lowest BCUT2D eigenvalue weighted by Crippen LogP contribution is -2.22. The van der Waals surface area contributed by atoms with Gasteiger partial charge in [-0.25, -0.2) is 0 Å². The third-order valence-electron chi connectivity index (χ3n) is 2.69. The number of hydrogen-bond donors (Lipinski definition) is 1. The first-order valence-corrected chi connectivity index (χ1v) is 4.95. The second kappa shape index (κ2) is 4.48. The molecular weight excluding hydrogens is 150 g/mol. The van der Waals surface area contributed by atoms with Gasteiger partial charge in [-0.05, 0) is 38.5 Å². The monoisotopic (exact) mass is 169 g/mol. The van der Waals surface area contributed by atoms with E-state index in [4.69, 9.17) is 10.1 Å². The maximum atomic E-state index is 7.63. The molecule has 1 aliphatic rings. The zero-order valence-electron chi connectivity index (χ0n) is 8.10. The molecular formula is C10H19NO. The minimum Gasteiger partial charge on any atom is -0.481 e. The van der Waals surface area contributed by atoms with E-state index in [1.54, 1.807) is 0 Å². The smallest absolute Gasteiger partial charge is 0.183 e. The highest BCUT2D eigenvalue weighted by atomic mass is 16.5. The van der Waals surface area contributed by atoms with Crippen LogP contribution in [-0.2, 0) is 4.74 Å². The van der Waals surface area contributed by atoms with Crippen molar-refractivity contribution in [3.63, 3.8) is 0 Å². The highest BCUT2D eigenvalue weighted by Crippen LogP contribution is 2.28. The summed E-state index contributed by atoms with van der Waals surface area (Å²) in [7, 11) is 0. The Morgan fingerprint density at radius 3 is 2.42 bits per heavy atom. The largest absolute Gasteiger partial charge is 0.481 e. The van der Waals surface area contributed by atoms with Crippen molar-refractivity contribution in [2.45, 2.75) is 39.5 Å². The molecule has 0 aromatic rings. The van der Waals surface area contributed by atoms with Gasteiger partial charge < -0.3 is 4.74 Å². The zero-order valence-corrected chi connectivity index (χ0v) is 8.10. The average molecular weight is 169 g/mol. The van der Waals surface area contributed by atoms with Crippen molar-refractivity contribution in [2.24, 2.45) is 11.8 Å². The van der Waals surface area contributed by atoms with E-state index in [1.807, 2.05) is 6.92 Å². The molecule has 12 heavy (non-hydrogen) atoms. The third kappa shape index (κ3) is 2.50. The van der Waals surface area contributed by atoms with Crippen LogP contribution in [0.4, 0.5) is 0 Å². The minimum atomic E-state index is 0.418. The van der Waals surface area contributed by atoms with E-state index >= 15 is 0 Å². The standard InChI is InChI=1S/C10H19NO/c1-3-12-10(11)9-6-4-8(2)5-7-9/h8-9,11H,3-7H2,1-2H3. The summed E-state index contributed by atoms with van der Waals surface area (Å²) >= 11 is 0. The highest BCUT2D eigenvalue weighted by molar-refractivity contribution is 5.75. The molecule has 0 heterocycles. The number of nitrogens with one attached hydrogen (secondary N) is 1. The third-order valence-corrected chi connectivity index (χ3v) is 2.69. The minimum absolute atomic E-state index is 0.418. The fraction of sp³-hybridized carbons (Fsp3) is 0.900. The van der Waals surface area contributed by atoms with Crippen molar-refractivity contribution in [2.75, 3.05) is 6.61 Å². The summed E-state index contributed by atoms with van der Waals surface area (Å²) in [6, 6.07) is 0. The second-order valence-electron chi connectivity index (χ2n) is 3.75. The van der Waals surface area contributed by atoms with Crippen LogP contribution in [0.2, 0.25) is 0 Å². The predicted molar refractivity (Wildman–Crippen MR) is 50.5 cm³/mol. The summed E-state index contributed by atoms with van der Waals surface area (Å²) in [5.74, 6) is 1.79. The normalized spacial score (nSPS) is 29.8. The molecule has 0 unspecified atom stereocenters. The fourth-order valence-electron chi connectivity index (χ4n) is 1.80. The molecule has 0 amide bonds. The first kappa shape index (κ1) is 9.56. The molecule has 70 valence electrons. The molecule has 0 aromatic carbocycles. The molecule has 0 aliphatic heterocycles. The molecule has 2 heteroatoms. The molecule has 1 aliphatic carbocycles. The summed E-state index contributed by atoms with van der Waals surface area (Å²) in [6.07, 6.45) is 4.83. The van der Waals surface area contributed by atoms with Gasteiger partial charge in [-0.2, -0.15) is 0 Å². The average Bonchev–Trinajstić information content (AvgIpc) is 2.06. The van der Waals surface area contributed by atoms with Crippen LogP contribution in [0.3, 0.4) is 0 Å². The molecule has 0 radical (unpaired) electrons. The number of rotatable bonds is 2. The Balaban J connectivity index is 2.29. The Bertz CT molecular complexity index is 148. The van der Waals surface area contributed by atoms with Gasteiger partial charge >= 0.3 is 0 Å². The van der Waals surface area contributed by atoms with Gasteiger partial charge in [-0.3, -0.25) is 5.41 Å². The van der Waals surface area contributed by atoms with Gasteiger partial charge in [-0.1, -0.05) is 6.92 Å². The van der Waals surface area contributed by atoms with Gasteiger partial charge in [0.25, 0.3) is 0 Å². The number of ether oxygens (including phenoxy) is 1. The quantitative estimate of drug-likeness (QED) is 0.500. The molecule has 1 N–H and O–H groups in total. The molecule has 0 bridgehead atoms. The summed E-state index contributed by atoms with van der Waals surface area (Å²) < 4.78 is 5.20. The van der Waals surface area contributed by atoms with E-state index in [1.165, 1.54) is 12.8 Å². The topological polar surface area (TPSA) is 33.1 Å². The van der Waals surface area contributed by atoms with Crippen LogP contribution in [0, 0.1) is 17.2 Å². The van der Waals surface area contributed by atoms with Crippen LogP contribution in [0.5, 0.6) is 0 Å². The summed E-state index contributed by atoms with van der Waals surface area (Å²) in [4.78, 5) is 0. The lowest BCUT2D eigenvalue weighted by Gasteiger charge is -2.25. The van der Waals surface area contributed by atoms with Crippen molar-refractivity contribution in [3.05, 3.63) is 0 Å². The van der Waals surface area contributed by atoms with Gasteiger partial charge in [0.1, 0.15) is 0 Å². The molecule has 0 saturated heterocycles. The van der Waals surface area contributed by atoms with E-state index in [9.17, 15) is 0 Å². The van der Waals surface area contributed by atoms with Gasteiger partial charge in [0, 0.05) is 5.92 Å². The SMILES string of the molecule is CCOC(=N)C1CCC(C)CC1. The van der Waals surface area contributed by atoms with Crippen molar-refractivity contribution in [1.29, 1.82) is 5.41 Å². The van der Waals surface area contributed by atoms with Crippen molar-refractivity contribution in [3.8, 4) is 0 Å². The Kier molecular flexibility index (Phi) is 3.57. The van der Waals surface area contributed by atoms with Gasteiger partial charge in [-0.15, -0.1) is 0 Å². The molecule has 1 rings (SSSR count). The maximum absolute atomic E-state index is 7.63. The van der Waals surface area contributed by atoms with E-state index in [-0.39, 0.29) is 0 Å². The zero-order chi connectivity index (χ0) is 8.97. The van der Waals surface area contributed by atoms with Crippen LogP contribution < -0.4 is 0 Å². The van der Waals surface area contributed by atoms with Gasteiger partial charge in [0.2, 0.25) is 0 Å². The van der Waals surface area contributed by atoms with E-state index in [2.05, 4.69) is 6.92 Å². The first-order valence-electron chi connectivity index (χ1n) is 4.95. The molecule has 0 spiro atoms. The lowest BCUT2D eigenvalue weighted by atomic mass is 9.83. The van der Waals surface area contributed by atoms with E-state index < -0.39 is 0 Å². The van der Waals surface area contributed by atoms with E-state index in [0.29, 0.717) is 18.4 Å². The molecule has 0 atom stereocenters. The van der Waals surface area contributed by atoms with Crippen LogP contribution in [-0.4, -0.2) is 12.5 Å². The predicted octanol–water partition coefficient (Wildman–Crippen LogP) is 2.83. The maximum Gasteiger partial charge on any atom is 0.183 e. The molecule has 1 fully saturated rings. The lowest BCUT2D eigenvalue weighted by molar-refractivity contribution is 0.257. The van der Waals surface area contributed by atoms with Crippen molar-refractivity contribution in [1.82, 2.24) is 0 Å². The summed E-state index contributed by atoms with van der Waals surface area (Å²) in [5, 5.41) is 7.63. The Morgan fingerprint density at radius 1 is 1.33 bits per heavy atom. The van der Waals surface area contributed by atoms with Crippen LogP contribution >= 0.6 is 0 Å². The fourth-order valence-corrected chi connectivity index (χ4v) is 1.80. The Labute approximate surface area is 74.8 Å². The van der Waals surface area contributed by atoms with Crippen LogP contribution in [0.25, 0.3) is 0 Å². The second-order valence-corrected chi connectivity index (χ2v) is 3.75. The highest BCUT2D eigenvalue weighted by Gasteiger charge is 2.22. The van der Waals surface area contributed by atoms with Crippen LogP contribution in [0.1, 0.15) is 39.5 Å². The van der Waals surface area contributed by atoms with Crippen LogP contribution in [0.15, 0.2) is 0 Å².